The van der Waals surface area contributed by atoms with Crippen molar-refractivity contribution < 1.29 is 26.3 Å². The molecule has 2 aromatic carbocycles. The number of fused-ring (bicyclic) bond motifs is 1. The molecule has 0 atom stereocenters. The Bertz CT molecular complexity index is 1270. The average molecular weight is 467 g/mol. The van der Waals surface area contributed by atoms with Crippen molar-refractivity contribution in [2.45, 2.75) is 11.1 Å². The molecule has 0 radical (unpaired) electrons. The molecule has 2 heterocycles. The minimum atomic E-state index is -4.57. The number of nitrogens with one attached hydrogen (secondary N) is 1. The molecular formula is C18H12F3N5O3S2. The molecule has 3 aromatic rings. The van der Waals surface area contributed by atoms with Crippen LogP contribution in [0.1, 0.15) is 11.1 Å². The van der Waals surface area contributed by atoms with Gasteiger partial charge in [-0.15, -0.1) is 0 Å². The number of aromatic nitrogens is 2. The Kier molecular flexibility index (Phi) is 5.19. The van der Waals surface area contributed by atoms with Gasteiger partial charge in [0, 0.05) is 17.6 Å². The number of benzene rings is 2. The van der Waals surface area contributed by atoms with Crippen molar-refractivity contribution in [3.8, 4) is 11.8 Å². The number of hydrogen-bond acceptors (Lipinski definition) is 8. The minimum absolute atomic E-state index is 0.0868. The van der Waals surface area contributed by atoms with Crippen molar-refractivity contribution in [1.29, 1.82) is 5.26 Å². The smallest absolute Gasteiger partial charge is 0.416 e. The molecule has 13 heteroatoms. The van der Waals surface area contributed by atoms with Crippen molar-refractivity contribution in [1.82, 2.24) is 9.36 Å². The summed E-state index contributed by atoms with van der Waals surface area (Å²) in [4.78, 5) is 5.31. The number of halogens is 3. The lowest BCUT2D eigenvalue weighted by Crippen LogP contribution is -2.29. The Morgan fingerprint density at radius 2 is 1.97 bits per heavy atom. The zero-order valence-electron chi connectivity index (χ0n) is 15.4. The van der Waals surface area contributed by atoms with Gasteiger partial charge in [0.2, 0.25) is 5.13 Å². The summed E-state index contributed by atoms with van der Waals surface area (Å²) in [5.74, 6) is 0.218. The Morgan fingerprint density at radius 3 is 2.65 bits per heavy atom. The van der Waals surface area contributed by atoms with E-state index < -0.39 is 21.8 Å². The Hall–Kier alpha value is -3.37. The molecule has 0 saturated carbocycles. The van der Waals surface area contributed by atoms with Gasteiger partial charge in [-0.2, -0.15) is 22.8 Å². The van der Waals surface area contributed by atoms with Crippen molar-refractivity contribution in [2.75, 3.05) is 22.8 Å². The number of alkyl halides is 3. The van der Waals surface area contributed by atoms with Crippen LogP contribution in [0.25, 0.3) is 0 Å². The molecule has 0 amide bonds. The second-order valence-corrected chi connectivity index (χ2v) is 8.79. The van der Waals surface area contributed by atoms with Gasteiger partial charge in [0.05, 0.1) is 33.9 Å². The van der Waals surface area contributed by atoms with Crippen LogP contribution in [-0.2, 0) is 16.2 Å². The van der Waals surface area contributed by atoms with Crippen LogP contribution in [0.2, 0.25) is 0 Å². The molecule has 0 fully saturated rings. The maximum Gasteiger partial charge on any atom is 0.416 e. The van der Waals surface area contributed by atoms with Crippen LogP contribution in [0, 0.1) is 11.3 Å². The molecule has 31 heavy (non-hydrogen) atoms. The van der Waals surface area contributed by atoms with Crippen LogP contribution >= 0.6 is 11.5 Å². The molecule has 0 unspecified atom stereocenters. The normalized spacial score (nSPS) is 13.8. The van der Waals surface area contributed by atoms with E-state index in [0.717, 1.165) is 23.7 Å². The Morgan fingerprint density at radius 1 is 1.19 bits per heavy atom. The maximum atomic E-state index is 13.0. The standard InChI is InChI=1S/C18H12F3N5O3S2/c19-18(20,21)12-1-3-14(11(7-12)9-22)26-5-6-29-16-8-13(2-4-15(16)26)31(27,28)25-17-23-10-24-30-17/h1-4,7-8,10H,5-6H2,(H,23,24,25). The van der Waals surface area contributed by atoms with E-state index in [-0.39, 0.29) is 40.2 Å². The molecule has 0 spiro atoms. The molecule has 1 N–H and O–H groups in total. The molecule has 4 rings (SSSR count). The fourth-order valence-corrected chi connectivity index (χ4v) is 4.72. The highest BCUT2D eigenvalue weighted by Gasteiger charge is 2.32. The first-order valence-corrected chi connectivity index (χ1v) is 10.9. The fourth-order valence-electron chi connectivity index (χ4n) is 3.05. The van der Waals surface area contributed by atoms with Gasteiger partial charge < -0.3 is 9.64 Å². The topological polar surface area (TPSA) is 108 Å². The van der Waals surface area contributed by atoms with Crippen LogP contribution in [0.3, 0.4) is 0 Å². The summed E-state index contributed by atoms with van der Waals surface area (Å²) in [6, 6.07) is 8.82. The van der Waals surface area contributed by atoms with E-state index in [9.17, 15) is 26.9 Å². The zero-order chi connectivity index (χ0) is 22.2. The van der Waals surface area contributed by atoms with Gasteiger partial charge in [0.15, 0.2) is 0 Å². The predicted molar refractivity (Wildman–Crippen MR) is 106 cm³/mol. The highest BCUT2D eigenvalue weighted by molar-refractivity contribution is 7.93. The SMILES string of the molecule is N#Cc1cc(C(F)(F)F)ccc1N1CCOc2cc(S(=O)(=O)Nc3ncns3)ccc21. The van der Waals surface area contributed by atoms with Crippen molar-refractivity contribution in [3.63, 3.8) is 0 Å². The van der Waals surface area contributed by atoms with Gasteiger partial charge in [-0.05, 0) is 30.3 Å². The van der Waals surface area contributed by atoms with Crippen LogP contribution in [0.4, 0.5) is 29.7 Å². The number of sulfonamides is 1. The summed E-state index contributed by atoms with van der Waals surface area (Å²) in [6.07, 6.45) is -3.36. The number of anilines is 3. The average Bonchev–Trinajstić information content (AvgIpc) is 3.24. The molecule has 8 nitrogen and oxygen atoms in total. The third kappa shape index (κ3) is 4.12. The minimum Gasteiger partial charge on any atom is -0.489 e. The van der Waals surface area contributed by atoms with Crippen LogP contribution in [0.5, 0.6) is 5.75 Å². The third-order valence-corrected chi connectivity index (χ3v) is 6.47. The van der Waals surface area contributed by atoms with E-state index in [1.165, 1.54) is 30.6 Å². The summed E-state index contributed by atoms with van der Waals surface area (Å²) in [5.41, 5.74) is -0.386. The monoisotopic (exact) mass is 467 g/mol. The van der Waals surface area contributed by atoms with E-state index in [1.807, 2.05) is 0 Å². The highest BCUT2D eigenvalue weighted by atomic mass is 32.2. The predicted octanol–water partition coefficient (Wildman–Crippen LogP) is 3.76. The summed E-state index contributed by atoms with van der Waals surface area (Å²) in [6.45, 7) is 0.411. The van der Waals surface area contributed by atoms with E-state index in [1.54, 1.807) is 11.0 Å². The summed E-state index contributed by atoms with van der Waals surface area (Å²) in [7, 11) is -3.95. The molecule has 1 aliphatic heterocycles. The summed E-state index contributed by atoms with van der Waals surface area (Å²) < 4.78 is 75.7. The quantitative estimate of drug-likeness (QED) is 0.622. The van der Waals surface area contributed by atoms with E-state index in [4.69, 9.17) is 4.74 Å². The number of hydrogen-bond donors (Lipinski definition) is 1. The second-order valence-electron chi connectivity index (χ2n) is 6.32. The number of rotatable bonds is 4. The number of ether oxygens (including phenoxy) is 1. The molecule has 0 aliphatic carbocycles. The van der Waals surface area contributed by atoms with Gasteiger partial charge in [0.1, 0.15) is 24.8 Å². The van der Waals surface area contributed by atoms with E-state index >= 15 is 0 Å². The fraction of sp³-hybridized carbons (Fsp3) is 0.167. The first kappa shape index (κ1) is 20.9. The highest BCUT2D eigenvalue weighted by Crippen LogP contribution is 2.41. The zero-order valence-corrected chi connectivity index (χ0v) is 17.1. The van der Waals surface area contributed by atoms with Crippen molar-refractivity contribution >= 4 is 38.1 Å². The first-order chi connectivity index (χ1) is 14.7. The first-order valence-electron chi connectivity index (χ1n) is 8.64. The summed E-state index contributed by atoms with van der Waals surface area (Å²) >= 11 is 0.876. The van der Waals surface area contributed by atoms with Crippen LogP contribution < -0.4 is 14.4 Å². The van der Waals surface area contributed by atoms with Gasteiger partial charge >= 0.3 is 6.18 Å². The lowest BCUT2D eigenvalue weighted by Gasteiger charge is -2.32. The van der Waals surface area contributed by atoms with Gasteiger partial charge in [0.25, 0.3) is 10.0 Å². The second kappa shape index (κ2) is 7.71. The number of nitrogens with zero attached hydrogens (tertiary/aromatic N) is 4. The van der Waals surface area contributed by atoms with Crippen LogP contribution in [-0.4, -0.2) is 30.9 Å². The third-order valence-electron chi connectivity index (χ3n) is 4.42. The Labute approximate surface area is 178 Å². The number of nitriles is 1. The van der Waals surface area contributed by atoms with Crippen molar-refractivity contribution in [2.24, 2.45) is 0 Å². The molecular weight excluding hydrogens is 455 g/mol. The molecule has 1 aliphatic rings. The Balaban J connectivity index is 1.71. The molecule has 0 saturated heterocycles. The lowest BCUT2D eigenvalue weighted by atomic mass is 10.1. The van der Waals surface area contributed by atoms with Gasteiger partial charge in [-0.3, -0.25) is 4.72 Å². The molecule has 0 bridgehead atoms. The van der Waals surface area contributed by atoms with Crippen molar-refractivity contribution in [3.05, 3.63) is 53.9 Å². The van der Waals surface area contributed by atoms with Crippen LogP contribution in [0.15, 0.2) is 47.6 Å². The molecule has 160 valence electrons. The maximum absolute atomic E-state index is 13.0. The van der Waals surface area contributed by atoms with Gasteiger partial charge in [-0.1, -0.05) is 0 Å². The van der Waals surface area contributed by atoms with E-state index in [0.29, 0.717) is 5.69 Å². The molecule has 1 aromatic heterocycles. The van der Waals surface area contributed by atoms with E-state index in [2.05, 4.69) is 14.1 Å². The van der Waals surface area contributed by atoms with Gasteiger partial charge in [-0.25, -0.2) is 13.4 Å². The summed E-state index contributed by atoms with van der Waals surface area (Å²) in [5, 5.41) is 9.49. The lowest BCUT2D eigenvalue weighted by molar-refractivity contribution is -0.137. The largest absolute Gasteiger partial charge is 0.489 e.